The Kier molecular flexibility index (Phi) is 3.46. The molecule has 0 spiro atoms. The first kappa shape index (κ1) is 13.3. The maximum absolute atomic E-state index is 4.80. The second-order valence-electron chi connectivity index (χ2n) is 6.83. The SMILES string of the molecule is CCn1c(CNCC2CC3CCC2C3)nc2ccccc21. The zero-order chi connectivity index (χ0) is 14.2. The van der Waals surface area contributed by atoms with E-state index in [9.17, 15) is 0 Å². The van der Waals surface area contributed by atoms with Crippen LogP contribution in [0.25, 0.3) is 11.0 Å². The van der Waals surface area contributed by atoms with E-state index in [1.165, 1.54) is 43.6 Å². The molecule has 1 N–H and O–H groups in total. The molecule has 1 aromatic heterocycles. The number of fused-ring (bicyclic) bond motifs is 3. The Hall–Kier alpha value is -1.35. The second kappa shape index (κ2) is 5.45. The lowest BCUT2D eigenvalue weighted by atomic mass is 9.89. The summed E-state index contributed by atoms with van der Waals surface area (Å²) in [5, 5.41) is 3.68. The molecule has 2 aliphatic rings. The molecule has 4 rings (SSSR count). The molecule has 0 amide bonds. The Morgan fingerprint density at radius 1 is 1.24 bits per heavy atom. The number of imidazole rings is 1. The van der Waals surface area contributed by atoms with Crippen molar-refractivity contribution < 1.29 is 0 Å². The summed E-state index contributed by atoms with van der Waals surface area (Å²) in [6, 6.07) is 8.45. The van der Waals surface area contributed by atoms with Gasteiger partial charge in [-0.1, -0.05) is 18.6 Å². The highest BCUT2D eigenvalue weighted by molar-refractivity contribution is 5.75. The van der Waals surface area contributed by atoms with Gasteiger partial charge in [0.25, 0.3) is 0 Å². The number of benzene rings is 1. The van der Waals surface area contributed by atoms with E-state index in [0.29, 0.717) is 0 Å². The second-order valence-corrected chi connectivity index (χ2v) is 6.83. The molecular weight excluding hydrogens is 258 g/mol. The number of hydrogen-bond donors (Lipinski definition) is 1. The monoisotopic (exact) mass is 283 g/mol. The van der Waals surface area contributed by atoms with Gasteiger partial charge in [-0.05, 0) is 62.6 Å². The lowest BCUT2D eigenvalue weighted by Crippen LogP contribution is -2.27. The van der Waals surface area contributed by atoms with Crippen LogP contribution in [0.2, 0.25) is 0 Å². The van der Waals surface area contributed by atoms with Crippen LogP contribution >= 0.6 is 0 Å². The first-order valence-corrected chi connectivity index (χ1v) is 8.50. The Labute approximate surface area is 126 Å². The van der Waals surface area contributed by atoms with Crippen LogP contribution in [0.4, 0.5) is 0 Å². The quantitative estimate of drug-likeness (QED) is 0.909. The lowest BCUT2D eigenvalue weighted by molar-refractivity contribution is 0.317. The zero-order valence-electron chi connectivity index (χ0n) is 12.9. The van der Waals surface area contributed by atoms with Crippen molar-refractivity contribution in [3.63, 3.8) is 0 Å². The van der Waals surface area contributed by atoms with Gasteiger partial charge in [-0.2, -0.15) is 0 Å². The highest BCUT2D eigenvalue weighted by Crippen LogP contribution is 2.47. The van der Waals surface area contributed by atoms with Gasteiger partial charge in [0.15, 0.2) is 0 Å². The predicted octanol–water partition coefficient (Wildman–Crippen LogP) is 3.58. The van der Waals surface area contributed by atoms with Crippen molar-refractivity contribution in [3.8, 4) is 0 Å². The van der Waals surface area contributed by atoms with Crippen molar-refractivity contribution in [3.05, 3.63) is 30.1 Å². The van der Waals surface area contributed by atoms with E-state index in [0.717, 1.165) is 36.4 Å². The fourth-order valence-corrected chi connectivity index (χ4v) is 4.61. The van der Waals surface area contributed by atoms with Crippen LogP contribution in [0.15, 0.2) is 24.3 Å². The average Bonchev–Trinajstić information content (AvgIpc) is 3.20. The Morgan fingerprint density at radius 3 is 2.90 bits per heavy atom. The molecule has 3 heteroatoms. The minimum Gasteiger partial charge on any atom is -0.327 e. The van der Waals surface area contributed by atoms with E-state index in [1.54, 1.807) is 0 Å². The van der Waals surface area contributed by atoms with E-state index in [1.807, 2.05) is 0 Å². The fourth-order valence-electron chi connectivity index (χ4n) is 4.61. The van der Waals surface area contributed by atoms with E-state index < -0.39 is 0 Å². The highest BCUT2D eigenvalue weighted by atomic mass is 15.1. The molecule has 1 aromatic carbocycles. The van der Waals surface area contributed by atoms with Crippen LogP contribution in [-0.2, 0) is 13.1 Å². The third kappa shape index (κ3) is 2.38. The molecule has 1 heterocycles. The number of aromatic nitrogens is 2. The van der Waals surface area contributed by atoms with Gasteiger partial charge in [0.05, 0.1) is 17.6 Å². The molecule has 2 saturated carbocycles. The number of rotatable bonds is 5. The summed E-state index contributed by atoms with van der Waals surface area (Å²) in [5.41, 5.74) is 2.38. The topological polar surface area (TPSA) is 29.9 Å². The number of nitrogens with one attached hydrogen (secondary N) is 1. The number of aryl methyl sites for hydroxylation is 1. The Balaban J connectivity index is 1.42. The van der Waals surface area contributed by atoms with Crippen molar-refractivity contribution >= 4 is 11.0 Å². The van der Waals surface area contributed by atoms with Gasteiger partial charge in [0.2, 0.25) is 0 Å². The normalized spacial score (nSPS) is 27.8. The van der Waals surface area contributed by atoms with E-state index in [2.05, 4.69) is 41.1 Å². The lowest BCUT2D eigenvalue weighted by Gasteiger charge is -2.21. The predicted molar refractivity (Wildman–Crippen MR) is 86.1 cm³/mol. The molecule has 0 radical (unpaired) electrons. The Bertz CT molecular complexity index is 630. The molecule has 2 fully saturated rings. The summed E-state index contributed by atoms with van der Waals surface area (Å²) in [6.45, 7) is 5.27. The first-order chi connectivity index (χ1) is 10.3. The first-order valence-electron chi connectivity index (χ1n) is 8.50. The van der Waals surface area contributed by atoms with Gasteiger partial charge in [0, 0.05) is 6.54 Å². The molecule has 3 nitrogen and oxygen atoms in total. The van der Waals surface area contributed by atoms with E-state index in [-0.39, 0.29) is 0 Å². The summed E-state index contributed by atoms with van der Waals surface area (Å²) in [5.74, 6) is 4.15. The maximum Gasteiger partial charge on any atom is 0.123 e. The smallest absolute Gasteiger partial charge is 0.123 e. The van der Waals surface area contributed by atoms with Crippen molar-refractivity contribution in [1.29, 1.82) is 0 Å². The van der Waals surface area contributed by atoms with Crippen molar-refractivity contribution in [2.75, 3.05) is 6.54 Å². The summed E-state index contributed by atoms with van der Waals surface area (Å²) in [7, 11) is 0. The minimum absolute atomic E-state index is 0.899. The number of para-hydroxylation sites is 2. The van der Waals surface area contributed by atoms with Crippen molar-refractivity contribution in [2.45, 2.75) is 45.7 Å². The molecule has 0 aliphatic heterocycles. The molecule has 2 bridgehead atoms. The highest BCUT2D eigenvalue weighted by Gasteiger charge is 2.38. The van der Waals surface area contributed by atoms with Gasteiger partial charge >= 0.3 is 0 Å². The van der Waals surface area contributed by atoms with E-state index in [4.69, 9.17) is 4.98 Å². The average molecular weight is 283 g/mol. The summed E-state index contributed by atoms with van der Waals surface area (Å²) in [4.78, 5) is 4.80. The van der Waals surface area contributed by atoms with E-state index >= 15 is 0 Å². The molecule has 2 aliphatic carbocycles. The summed E-state index contributed by atoms with van der Waals surface area (Å²) >= 11 is 0. The van der Waals surface area contributed by atoms with Crippen LogP contribution in [-0.4, -0.2) is 16.1 Å². The largest absolute Gasteiger partial charge is 0.327 e. The van der Waals surface area contributed by atoms with Crippen molar-refractivity contribution in [2.24, 2.45) is 17.8 Å². The Morgan fingerprint density at radius 2 is 2.14 bits per heavy atom. The minimum atomic E-state index is 0.899. The summed E-state index contributed by atoms with van der Waals surface area (Å²) in [6.07, 6.45) is 5.93. The van der Waals surface area contributed by atoms with Crippen LogP contribution < -0.4 is 5.32 Å². The number of hydrogen-bond acceptors (Lipinski definition) is 2. The molecule has 3 unspecified atom stereocenters. The van der Waals surface area contributed by atoms with Gasteiger partial charge in [-0.25, -0.2) is 4.98 Å². The van der Waals surface area contributed by atoms with Crippen LogP contribution in [0, 0.1) is 17.8 Å². The fraction of sp³-hybridized carbons (Fsp3) is 0.611. The summed E-state index contributed by atoms with van der Waals surface area (Å²) < 4.78 is 2.34. The molecule has 21 heavy (non-hydrogen) atoms. The van der Waals surface area contributed by atoms with Gasteiger partial charge in [-0.3, -0.25) is 0 Å². The number of nitrogens with zero attached hydrogens (tertiary/aromatic N) is 2. The zero-order valence-corrected chi connectivity index (χ0v) is 12.9. The van der Waals surface area contributed by atoms with Gasteiger partial charge in [0.1, 0.15) is 5.82 Å². The molecule has 2 aromatic rings. The third-order valence-corrected chi connectivity index (χ3v) is 5.62. The standard InChI is InChI=1S/C18H25N3/c1-2-21-17-6-4-3-5-16(17)20-18(21)12-19-11-15-10-13-7-8-14(15)9-13/h3-6,13-15,19H,2,7-12H2,1H3. The molecular formula is C18H25N3. The van der Waals surface area contributed by atoms with Crippen LogP contribution in [0.1, 0.15) is 38.4 Å². The molecule has 112 valence electrons. The van der Waals surface area contributed by atoms with Crippen LogP contribution in [0.5, 0.6) is 0 Å². The third-order valence-electron chi connectivity index (χ3n) is 5.62. The molecule has 0 saturated heterocycles. The van der Waals surface area contributed by atoms with Crippen molar-refractivity contribution in [1.82, 2.24) is 14.9 Å². The van der Waals surface area contributed by atoms with Gasteiger partial charge in [-0.15, -0.1) is 0 Å². The molecule has 3 atom stereocenters. The van der Waals surface area contributed by atoms with Crippen LogP contribution in [0.3, 0.4) is 0 Å². The van der Waals surface area contributed by atoms with Gasteiger partial charge < -0.3 is 9.88 Å². The maximum atomic E-state index is 4.80.